The average Bonchev–Trinajstić information content (AvgIpc) is 2.69. The van der Waals surface area contributed by atoms with Gasteiger partial charge in [-0.3, -0.25) is 4.79 Å². The summed E-state index contributed by atoms with van der Waals surface area (Å²) in [4.78, 5) is 24.8. The first-order chi connectivity index (χ1) is 13.6. The number of hydrogen-bond acceptors (Lipinski definition) is 8. The number of nitrogens with two attached hydrogens (primary N) is 2. The van der Waals surface area contributed by atoms with Gasteiger partial charge in [-0.25, -0.2) is 9.97 Å². The Morgan fingerprint density at radius 1 is 1.28 bits per heavy atom. The van der Waals surface area contributed by atoms with Crippen molar-refractivity contribution in [3.05, 3.63) is 29.4 Å². The summed E-state index contributed by atoms with van der Waals surface area (Å²) >= 11 is 0. The minimum absolute atomic E-state index is 0.120. The predicted molar refractivity (Wildman–Crippen MR) is 95.1 cm³/mol. The van der Waals surface area contributed by atoms with E-state index < -0.39 is 41.4 Å². The van der Waals surface area contributed by atoms with E-state index >= 15 is 0 Å². The monoisotopic (exact) mass is 409 g/mol. The molecule has 1 saturated heterocycles. The zero-order valence-electron chi connectivity index (χ0n) is 15.1. The molecule has 0 saturated carbocycles. The number of carbonyl (C=O) groups excluding carboxylic acids is 1. The van der Waals surface area contributed by atoms with Crippen LogP contribution in [0.25, 0.3) is 0 Å². The number of hydrogen-bond donors (Lipinski definition) is 3. The van der Waals surface area contributed by atoms with Gasteiger partial charge in [0, 0.05) is 30.3 Å². The number of nitriles is 1. The van der Waals surface area contributed by atoms with Crippen LogP contribution in [0.15, 0.2) is 28.7 Å². The summed E-state index contributed by atoms with van der Waals surface area (Å²) in [6, 6.07) is 1.87. The van der Waals surface area contributed by atoms with Gasteiger partial charge in [-0.05, 0) is 12.8 Å². The van der Waals surface area contributed by atoms with Gasteiger partial charge in [-0.1, -0.05) is 0 Å². The van der Waals surface area contributed by atoms with E-state index in [9.17, 15) is 23.1 Å². The summed E-state index contributed by atoms with van der Waals surface area (Å²) in [5.41, 5.74) is 11.2. The number of aliphatic imine (C=N–C) groups is 1. The van der Waals surface area contributed by atoms with Crippen molar-refractivity contribution in [1.29, 1.82) is 5.26 Å². The molecular weight excluding hydrogens is 391 g/mol. The molecular formula is C17H18F3N7O2. The van der Waals surface area contributed by atoms with E-state index in [0.717, 1.165) is 0 Å². The van der Waals surface area contributed by atoms with Crippen molar-refractivity contribution in [3.8, 4) is 6.07 Å². The number of anilines is 1. The lowest BCUT2D eigenvalue weighted by Crippen LogP contribution is -2.49. The van der Waals surface area contributed by atoms with Crippen molar-refractivity contribution in [2.75, 3.05) is 18.0 Å². The van der Waals surface area contributed by atoms with Crippen molar-refractivity contribution in [2.45, 2.75) is 25.1 Å². The quantitative estimate of drug-likeness (QED) is 0.626. The van der Waals surface area contributed by atoms with E-state index in [1.54, 1.807) is 0 Å². The molecule has 0 aliphatic carbocycles. The van der Waals surface area contributed by atoms with Crippen LogP contribution in [0.3, 0.4) is 0 Å². The molecule has 1 amide bonds. The number of carbonyl (C=O) groups is 1. The molecule has 154 valence electrons. The van der Waals surface area contributed by atoms with Crippen LogP contribution in [-0.4, -0.2) is 52.2 Å². The Hall–Kier alpha value is -3.20. The molecule has 1 aromatic heterocycles. The molecule has 9 nitrogen and oxygen atoms in total. The number of aromatic nitrogens is 2. The maximum absolute atomic E-state index is 13.5. The Bertz CT molecular complexity index is 897. The highest BCUT2D eigenvalue weighted by molar-refractivity contribution is 6.09. The van der Waals surface area contributed by atoms with Gasteiger partial charge in [0.25, 0.3) is 5.91 Å². The third-order valence-corrected chi connectivity index (χ3v) is 5.06. The minimum atomic E-state index is -4.91. The molecule has 12 heteroatoms. The molecule has 2 aliphatic heterocycles. The second kappa shape index (κ2) is 7.67. The van der Waals surface area contributed by atoms with E-state index in [-0.39, 0.29) is 11.4 Å². The summed E-state index contributed by atoms with van der Waals surface area (Å²) in [6.07, 6.45) is -3.69. The van der Waals surface area contributed by atoms with E-state index in [2.05, 4.69) is 15.0 Å². The number of alkyl halides is 3. The molecule has 0 spiro atoms. The highest BCUT2D eigenvalue weighted by atomic mass is 19.4. The Morgan fingerprint density at radius 2 is 1.93 bits per heavy atom. The molecule has 3 heterocycles. The van der Waals surface area contributed by atoms with Crippen LogP contribution in [0.4, 0.5) is 19.0 Å². The molecule has 1 aromatic rings. The summed E-state index contributed by atoms with van der Waals surface area (Å²) in [5, 5.41) is 18.5. The number of aliphatic hydroxyl groups excluding tert-OH is 1. The van der Waals surface area contributed by atoms with Crippen LogP contribution in [-0.2, 0) is 4.79 Å². The van der Waals surface area contributed by atoms with Gasteiger partial charge in [0.2, 0.25) is 0 Å². The molecule has 3 rings (SSSR count). The number of amides is 1. The molecule has 5 N–H and O–H groups in total. The number of piperidine rings is 1. The first-order valence-corrected chi connectivity index (χ1v) is 8.73. The molecule has 2 atom stereocenters. The molecule has 0 aromatic carbocycles. The Labute approximate surface area is 163 Å². The third kappa shape index (κ3) is 4.00. The number of rotatable bonds is 2. The Balaban J connectivity index is 1.83. The lowest BCUT2D eigenvalue weighted by molar-refractivity contribution is -0.190. The van der Waals surface area contributed by atoms with Crippen molar-refractivity contribution in [3.63, 3.8) is 0 Å². The highest BCUT2D eigenvalue weighted by Crippen LogP contribution is 2.40. The van der Waals surface area contributed by atoms with Crippen molar-refractivity contribution in [1.82, 2.24) is 9.97 Å². The molecule has 0 radical (unpaired) electrons. The van der Waals surface area contributed by atoms with Crippen LogP contribution in [0.5, 0.6) is 0 Å². The number of allylic oxidation sites excluding steroid dienone is 1. The third-order valence-electron chi connectivity index (χ3n) is 5.06. The lowest BCUT2D eigenvalue weighted by Gasteiger charge is -2.36. The van der Waals surface area contributed by atoms with E-state index in [4.69, 9.17) is 16.7 Å². The van der Waals surface area contributed by atoms with Gasteiger partial charge in [0.15, 0.2) is 11.8 Å². The SMILES string of the molecule is N#Cc1cnc(N2CCC(C(N)=C3C(N)=NC(=O)[C@H](O)C3C(F)(F)F)CC2)cn1. The summed E-state index contributed by atoms with van der Waals surface area (Å²) in [5.74, 6) is -4.35. The van der Waals surface area contributed by atoms with Crippen LogP contribution in [0.1, 0.15) is 18.5 Å². The van der Waals surface area contributed by atoms with Crippen LogP contribution < -0.4 is 16.4 Å². The Kier molecular flexibility index (Phi) is 5.43. The fourth-order valence-electron chi connectivity index (χ4n) is 3.56. The minimum Gasteiger partial charge on any atom is -0.401 e. The number of halogens is 3. The van der Waals surface area contributed by atoms with Gasteiger partial charge in [0.05, 0.1) is 12.4 Å². The summed E-state index contributed by atoms with van der Waals surface area (Å²) in [6.45, 7) is 0.878. The van der Waals surface area contributed by atoms with Gasteiger partial charge >= 0.3 is 6.18 Å². The van der Waals surface area contributed by atoms with E-state index in [1.165, 1.54) is 12.4 Å². The Morgan fingerprint density at radius 3 is 2.45 bits per heavy atom. The van der Waals surface area contributed by atoms with Gasteiger partial charge < -0.3 is 21.5 Å². The number of amidine groups is 1. The predicted octanol–water partition coefficient (Wildman–Crippen LogP) is 0.214. The molecule has 29 heavy (non-hydrogen) atoms. The van der Waals surface area contributed by atoms with Gasteiger partial charge in [-0.15, -0.1) is 0 Å². The molecule has 2 aliphatic rings. The highest BCUT2D eigenvalue weighted by Gasteiger charge is 2.53. The van der Waals surface area contributed by atoms with Gasteiger partial charge in [-0.2, -0.15) is 23.4 Å². The van der Waals surface area contributed by atoms with Crippen LogP contribution in [0, 0.1) is 23.2 Å². The standard InChI is InChI=1S/C17H18F3N7O2/c18-17(19,20)12-11(15(23)26-16(29)14(12)28)13(22)8-1-3-27(4-2-8)10-7-24-9(5-21)6-25-10/h6-8,12,14,28H,1-4,22H2,(H2,23,26,29)/t12?,14-/m1/s1. The maximum Gasteiger partial charge on any atom is 0.398 e. The smallest absolute Gasteiger partial charge is 0.398 e. The lowest BCUT2D eigenvalue weighted by atomic mass is 9.82. The normalized spacial score (nSPS) is 25.4. The van der Waals surface area contributed by atoms with Crippen molar-refractivity contribution in [2.24, 2.45) is 28.3 Å². The van der Waals surface area contributed by atoms with Gasteiger partial charge in [0.1, 0.15) is 23.6 Å². The van der Waals surface area contributed by atoms with Crippen molar-refractivity contribution >= 4 is 17.6 Å². The average molecular weight is 409 g/mol. The number of nitrogens with zero attached hydrogens (tertiary/aromatic N) is 5. The molecule has 1 unspecified atom stereocenters. The fourth-order valence-corrected chi connectivity index (χ4v) is 3.56. The zero-order valence-corrected chi connectivity index (χ0v) is 15.1. The molecule has 1 fully saturated rings. The van der Waals surface area contributed by atoms with Crippen LogP contribution >= 0.6 is 0 Å². The first kappa shape index (κ1) is 20.5. The largest absolute Gasteiger partial charge is 0.401 e. The zero-order chi connectivity index (χ0) is 21.3. The first-order valence-electron chi connectivity index (χ1n) is 8.73. The fraction of sp³-hybridized carbons (Fsp3) is 0.471. The maximum atomic E-state index is 13.5. The van der Waals surface area contributed by atoms with Crippen LogP contribution in [0.2, 0.25) is 0 Å². The number of aliphatic hydroxyl groups is 1. The molecule has 0 bridgehead atoms. The van der Waals surface area contributed by atoms with E-state index in [1.807, 2.05) is 11.0 Å². The van der Waals surface area contributed by atoms with E-state index in [0.29, 0.717) is 31.7 Å². The second-order valence-corrected chi connectivity index (χ2v) is 6.80. The second-order valence-electron chi connectivity index (χ2n) is 6.80. The topological polar surface area (TPSA) is 155 Å². The summed E-state index contributed by atoms with van der Waals surface area (Å²) < 4.78 is 40.5. The van der Waals surface area contributed by atoms with Crippen molar-refractivity contribution < 1.29 is 23.1 Å². The summed E-state index contributed by atoms with van der Waals surface area (Å²) in [7, 11) is 0.